The van der Waals surface area contributed by atoms with Crippen LogP contribution in [0.4, 0.5) is 10.5 Å². The van der Waals surface area contributed by atoms with E-state index in [0.29, 0.717) is 12.0 Å². The van der Waals surface area contributed by atoms with Crippen LogP contribution in [0.2, 0.25) is 0 Å². The molecular formula is C21H30N6O. The summed E-state index contributed by atoms with van der Waals surface area (Å²) < 4.78 is 4.39. The number of urea groups is 1. The SMILES string of the molecule is CC(C1CC1)n1cc(NC(=O)N2CCCC(c3ncc4n3CCCC4)C2)cn1. The number of piperidine rings is 1. The quantitative estimate of drug-likeness (QED) is 0.874. The molecule has 2 aliphatic heterocycles. The molecule has 28 heavy (non-hydrogen) atoms. The van der Waals surface area contributed by atoms with Gasteiger partial charge in [0.25, 0.3) is 0 Å². The van der Waals surface area contributed by atoms with Gasteiger partial charge < -0.3 is 14.8 Å². The standard InChI is InChI=1S/C21H30N6O/c1-15(16-7-8-16)27-14-18(11-23-27)24-21(28)25-9-4-5-17(13-25)20-22-12-19-6-2-3-10-26(19)20/h11-12,14-17H,2-10,13H2,1H3,(H,24,28). The molecule has 2 unspecified atom stereocenters. The van der Waals surface area contributed by atoms with Crippen molar-refractivity contribution in [2.75, 3.05) is 18.4 Å². The summed E-state index contributed by atoms with van der Waals surface area (Å²) in [5, 5.41) is 7.50. The summed E-state index contributed by atoms with van der Waals surface area (Å²) in [6.07, 6.45) is 14.1. The van der Waals surface area contributed by atoms with Gasteiger partial charge in [-0.3, -0.25) is 4.68 Å². The Morgan fingerprint density at radius 3 is 2.93 bits per heavy atom. The van der Waals surface area contributed by atoms with E-state index in [4.69, 9.17) is 4.98 Å². The van der Waals surface area contributed by atoms with Gasteiger partial charge in [-0.25, -0.2) is 9.78 Å². The molecule has 2 aromatic heterocycles. The normalized spacial score (nSPS) is 23.3. The minimum atomic E-state index is -0.0197. The highest BCUT2D eigenvalue weighted by molar-refractivity contribution is 5.89. The number of carbonyl (C=O) groups excluding carboxylic acids is 1. The van der Waals surface area contributed by atoms with Gasteiger partial charge in [0.15, 0.2) is 0 Å². The van der Waals surface area contributed by atoms with Crippen LogP contribution in [0.1, 0.15) is 68.9 Å². The maximum atomic E-state index is 12.8. The van der Waals surface area contributed by atoms with Crippen molar-refractivity contribution in [1.82, 2.24) is 24.2 Å². The van der Waals surface area contributed by atoms with E-state index in [1.54, 1.807) is 6.20 Å². The summed E-state index contributed by atoms with van der Waals surface area (Å²) in [5.41, 5.74) is 2.15. The number of aryl methyl sites for hydroxylation is 1. The molecule has 7 nitrogen and oxygen atoms in total. The van der Waals surface area contributed by atoms with Gasteiger partial charge in [-0.15, -0.1) is 0 Å². The van der Waals surface area contributed by atoms with Gasteiger partial charge in [0.2, 0.25) is 0 Å². The summed E-state index contributed by atoms with van der Waals surface area (Å²) in [7, 11) is 0. The average molecular weight is 383 g/mol. The second-order valence-corrected chi connectivity index (χ2v) is 8.72. The van der Waals surface area contributed by atoms with Crippen LogP contribution in [-0.4, -0.2) is 43.4 Å². The second kappa shape index (κ2) is 7.26. The Bertz CT molecular complexity index is 851. The first-order valence-electron chi connectivity index (χ1n) is 10.8. The molecule has 7 heteroatoms. The van der Waals surface area contributed by atoms with Gasteiger partial charge in [-0.05, 0) is 57.8 Å². The fraction of sp³-hybridized carbons (Fsp3) is 0.667. The average Bonchev–Trinajstić information content (AvgIpc) is 3.32. The lowest BCUT2D eigenvalue weighted by molar-refractivity contribution is 0.190. The lowest BCUT2D eigenvalue weighted by atomic mass is 9.97. The molecule has 150 valence electrons. The van der Waals surface area contributed by atoms with E-state index in [0.717, 1.165) is 50.5 Å². The molecule has 2 fully saturated rings. The number of nitrogens with one attached hydrogen (secondary N) is 1. The molecule has 0 bridgehead atoms. The Morgan fingerprint density at radius 2 is 2.07 bits per heavy atom. The smallest absolute Gasteiger partial charge is 0.321 e. The number of amides is 2. The first-order chi connectivity index (χ1) is 13.7. The Hall–Kier alpha value is -2.31. The molecule has 1 N–H and O–H groups in total. The predicted octanol–water partition coefficient (Wildman–Crippen LogP) is 3.80. The molecule has 0 aromatic carbocycles. The molecule has 0 spiro atoms. The number of hydrogen-bond acceptors (Lipinski definition) is 3. The molecule has 0 radical (unpaired) electrons. The van der Waals surface area contributed by atoms with Crippen molar-refractivity contribution in [3.63, 3.8) is 0 Å². The highest BCUT2D eigenvalue weighted by atomic mass is 16.2. The lowest BCUT2D eigenvalue weighted by Crippen LogP contribution is -2.42. The van der Waals surface area contributed by atoms with E-state index >= 15 is 0 Å². The van der Waals surface area contributed by atoms with Crippen LogP contribution in [0, 0.1) is 5.92 Å². The number of imidazole rings is 1. The van der Waals surface area contributed by atoms with Gasteiger partial charge in [0.1, 0.15) is 5.82 Å². The third kappa shape index (κ3) is 3.42. The highest BCUT2D eigenvalue weighted by Gasteiger charge is 2.31. The topological polar surface area (TPSA) is 68.0 Å². The maximum Gasteiger partial charge on any atom is 0.321 e. The predicted molar refractivity (Wildman–Crippen MR) is 107 cm³/mol. The van der Waals surface area contributed by atoms with Crippen molar-refractivity contribution in [2.24, 2.45) is 5.92 Å². The number of carbonyl (C=O) groups is 1. The zero-order chi connectivity index (χ0) is 19.1. The van der Waals surface area contributed by atoms with Crippen molar-refractivity contribution < 1.29 is 4.79 Å². The first kappa shape index (κ1) is 17.8. The van der Waals surface area contributed by atoms with E-state index in [1.165, 1.54) is 37.2 Å². The van der Waals surface area contributed by atoms with Gasteiger partial charge in [0, 0.05) is 43.6 Å². The summed E-state index contributed by atoms with van der Waals surface area (Å²) in [5.74, 6) is 2.26. The van der Waals surface area contributed by atoms with Crippen LogP contribution in [0.3, 0.4) is 0 Å². The maximum absolute atomic E-state index is 12.8. The van der Waals surface area contributed by atoms with Gasteiger partial charge in [-0.1, -0.05) is 0 Å². The van der Waals surface area contributed by atoms with E-state index in [2.05, 4.69) is 21.9 Å². The van der Waals surface area contributed by atoms with E-state index in [1.807, 2.05) is 22.0 Å². The van der Waals surface area contributed by atoms with Crippen LogP contribution < -0.4 is 5.32 Å². The van der Waals surface area contributed by atoms with Gasteiger partial charge >= 0.3 is 6.03 Å². The Balaban J connectivity index is 1.23. The summed E-state index contributed by atoms with van der Waals surface area (Å²) >= 11 is 0. The van der Waals surface area contributed by atoms with Crippen molar-refractivity contribution in [2.45, 2.75) is 70.4 Å². The zero-order valence-corrected chi connectivity index (χ0v) is 16.7. The number of nitrogens with zero attached hydrogens (tertiary/aromatic N) is 5. The second-order valence-electron chi connectivity index (χ2n) is 8.72. The number of aromatic nitrogens is 4. The van der Waals surface area contributed by atoms with Crippen LogP contribution >= 0.6 is 0 Å². The van der Waals surface area contributed by atoms with Crippen molar-refractivity contribution in [1.29, 1.82) is 0 Å². The Morgan fingerprint density at radius 1 is 1.18 bits per heavy atom. The third-order valence-electron chi connectivity index (χ3n) is 6.68. The van der Waals surface area contributed by atoms with Crippen LogP contribution in [-0.2, 0) is 13.0 Å². The van der Waals surface area contributed by atoms with Gasteiger partial charge in [-0.2, -0.15) is 5.10 Å². The van der Waals surface area contributed by atoms with E-state index < -0.39 is 0 Å². The number of fused-ring (bicyclic) bond motifs is 1. The number of anilines is 1. The molecular weight excluding hydrogens is 352 g/mol. The molecule has 2 amide bonds. The number of hydrogen-bond donors (Lipinski definition) is 1. The first-order valence-corrected chi connectivity index (χ1v) is 10.8. The molecule has 5 rings (SSSR count). The fourth-order valence-corrected chi connectivity index (χ4v) is 4.78. The van der Waals surface area contributed by atoms with Crippen LogP contribution in [0.5, 0.6) is 0 Å². The van der Waals surface area contributed by atoms with Crippen LogP contribution in [0.15, 0.2) is 18.6 Å². The van der Waals surface area contributed by atoms with Crippen molar-refractivity contribution >= 4 is 11.7 Å². The monoisotopic (exact) mass is 382 g/mol. The number of rotatable bonds is 4. The third-order valence-corrected chi connectivity index (χ3v) is 6.68. The van der Waals surface area contributed by atoms with Crippen molar-refractivity contribution in [3.05, 3.63) is 30.1 Å². The Kier molecular flexibility index (Phi) is 4.61. The van der Waals surface area contributed by atoms with Gasteiger partial charge in [0.05, 0.1) is 17.9 Å². The van der Waals surface area contributed by atoms with E-state index in [-0.39, 0.29) is 6.03 Å². The molecule has 3 aliphatic rings. The van der Waals surface area contributed by atoms with E-state index in [9.17, 15) is 4.79 Å². The molecule has 1 saturated heterocycles. The summed E-state index contributed by atoms with van der Waals surface area (Å²) in [6, 6.07) is 0.394. The summed E-state index contributed by atoms with van der Waals surface area (Å²) in [4.78, 5) is 19.5. The summed E-state index contributed by atoms with van der Waals surface area (Å²) in [6.45, 7) is 4.83. The molecule has 1 saturated carbocycles. The van der Waals surface area contributed by atoms with Crippen molar-refractivity contribution in [3.8, 4) is 0 Å². The van der Waals surface area contributed by atoms with Crippen LogP contribution in [0.25, 0.3) is 0 Å². The zero-order valence-electron chi connectivity index (χ0n) is 16.7. The Labute approximate surface area is 166 Å². The molecule has 2 aromatic rings. The minimum absolute atomic E-state index is 0.0197. The molecule has 2 atom stereocenters. The largest absolute Gasteiger partial charge is 0.332 e. The minimum Gasteiger partial charge on any atom is -0.332 e. The molecule has 1 aliphatic carbocycles. The highest BCUT2D eigenvalue weighted by Crippen LogP contribution is 2.39. The lowest BCUT2D eigenvalue weighted by Gasteiger charge is -2.33. The molecule has 4 heterocycles. The number of likely N-dealkylation sites (tertiary alicyclic amines) is 1. The fourth-order valence-electron chi connectivity index (χ4n) is 4.78.